The number of hydrogen-bond acceptors (Lipinski definition) is 3. The van der Waals surface area contributed by atoms with E-state index in [1.165, 1.54) is 5.06 Å². The van der Waals surface area contributed by atoms with Crippen molar-refractivity contribution in [3.05, 3.63) is 0 Å². The molecule has 0 saturated carbocycles. The van der Waals surface area contributed by atoms with Crippen molar-refractivity contribution in [1.82, 2.24) is 5.06 Å². The molecule has 5 heavy (non-hydrogen) atoms. The van der Waals surface area contributed by atoms with Gasteiger partial charge in [-0.05, 0) is 0 Å². The van der Waals surface area contributed by atoms with Crippen LogP contribution in [0.1, 0.15) is 0 Å². The van der Waals surface area contributed by atoms with Gasteiger partial charge in [0.15, 0.2) is 0 Å². The molecule has 1 N–H and O–H groups in total. The van der Waals surface area contributed by atoms with Crippen LogP contribution in [-0.2, 0) is 4.84 Å². The van der Waals surface area contributed by atoms with Gasteiger partial charge in [0.1, 0.15) is 13.5 Å². The van der Waals surface area contributed by atoms with Crippen molar-refractivity contribution in [2.75, 3.05) is 13.5 Å². The molecule has 0 aromatic heterocycles. The van der Waals surface area contributed by atoms with Gasteiger partial charge in [-0.1, -0.05) is 0 Å². The normalized spacial score (nSPS) is 34.2. The number of hydrogen-bond donors (Lipinski definition) is 1. The van der Waals surface area contributed by atoms with Crippen molar-refractivity contribution < 1.29 is 9.94 Å². The topological polar surface area (TPSA) is 35.8 Å². The second kappa shape index (κ2) is 0.931. The van der Waals surface area contributed by atoms with E-state index in [0.717, 1.165) is 0 Å². The Morgan fingerprint density at radius 2 is 2.60 bits per heavy atom. The first kappa shape index (κ1) is 3.08. The van der Waals surface area contributed by atoms with E-state index >= 15 is 0 Å². The Bertz CT molecular complexity index is 34.6. The molecule has 0 bridgehead atoms. The molecule has 1 aliphatic heterocycles. The molecule has 0 spiro atoms. The van der Waals surface area contributed by atoms with Gasteiger partial charge in [0, 0.05) is 0 Å². The molecule has 0 aromatic rings. The van der Waals surface area contributed by atoms with Crippen LogP contribution in [0, 0.1) is 0 Å². The Morgan fingerprint density at radius 1 is 2.00 bits per heavy atom. The zero-order valence-corrected chi connectivity index (χ0v) is 2.72. The van der Waals surface area contributed by atoms with E-state index in [9.17, 15) is 0 Å². The standard InChI is InChI=1S/C2H5NO2/c4-1-3-2-5-3/h4H,1-2H2. The Kier molecular flexibility index (Phi) is 0.574. The molecule has 1 unspecified atom stereocenters. The second-order valence-corrected chi connectivity index (χ2v) is 0.881. The van der Waals surface area contributed by atoms with Crippen LogP contribution in [-0.4, -0.2) is 23.6 Å². The number of aliphatic hydroxyl groups excluding tert-OH is 1. The summed E-state index contributed by atoms with van der Waals surface area (Å²) < 4.78 is 0. The Morgan fingerprint density at radius 3 is 2.60 bits per heavy atom. The summed E-state index contributed by atoms with van der Waals surface area (Å²) in [5.41, 5.74) is 0. The Balaban J connectivity index is 2.00. The van der Waals surface area contributed by atoms with E-state index in [1.807, 2.05) is 0 Å². The molecule has 0 amide bonds. The van der Waals surface area contributed by atoms with E-state index in [0.29, 0.717) is 6.73 Å². The number of rotatable bonds is 1. The van der Waals surface area contributed by atoms with Crippen LogP contribution >= 0.6 is 0 Å². The van der Waals surface area contributed by atoms with Crippen molar-refractivity contribution in [1.29, 1.82) is 0 Å². The van der Waals surface area contributed by atoms with Gasteiger partial charge in [-0.3, -0.25) is 4.84 Å². The van der Waals surface area contributed by atoms with Gasteiger partial charge in [0.2, 0.25) is 0 Å². The maximum Gasteiger partial charge on any atom is 0.147 e. The third-order valence-corrected chi connectivity index (χ3v) is 0.469. The fourth-order valence-electron chi connectivity index (χ4n) is 0.122. The largest absolute Gasteiger partial charge is 0.379 e. The monoisotopic (exact) mass is 75.0 g/mol. The van der Waals surface area contributed by atoms with E-state index in [-0.39, 0.29) is 6.73 Å². The second-order valence-electron chi connectivity index (χ2n) is 0.881. The first-order chi connectivity index (χ1) is 2.43. The van der Waals surface area contributed by atoms with Crippen molar-refractivity contribution >= 4 is 0 Å². The molecule has 1 heterocycles. The third-order valence-electron chi connectivity index (χ3n) is 0.469. The van der Waals surface area contributed by atoms with E-state index in [2.05, 4.69) is 4.84 Å². The summed E-state index contributed by atoms with van der Waals surface area (Å²) in [6.45, 7) is 0.622. The average molecular weight is 75.1 g/mol. The summed E-state index contributed by atoms with van der Waals surface area (Å²) in [4.78, 5) is 4.44. The molecule has 3 nitrogen and oxygen atoms in total. The summed E-state index contributed by atoms with van der Waals surface area (Å²) in [7, 11) is 0. The number of nitrogens with zero attached hydrogens (tertiary/aromatic N) is 1. The molecule has 1 aliphatic rings. The summed E-state index contributed by atoms with van der Waals surface area (Å²) in [5.74, 6) is 0. The van der Waals surface area contributed by atoms with E-state index in [4.69, 9.17) is 5.11 Å². The molecule has 1 saturated heterocycles. The lowest BCUT2D eigenvalue weighted by atomic mass is 11.2. The molecule has 0 radical (unpaired) electrons. The molecule has 30 valence electrons. The predicted molar refractivity (Wildman–Crippen MR) is 14.9 cm³/mol. The van der Waals surface area contributed by atoms with Crippen molar-refractivity contribution in [2.45, 2.75) is 0 Å². The minimum Gasteiger partial charge on any atom is -0.379 e. The van der Waals surface area contributed by atoms with Gasteiger partial charge >= 0.3 is 0 Å². The van der Waals surface area contributed by atoms with Crippen LogP contribution in [0.5, 0.6) is 0 Å². The zero-order chi connectivity index (χ0) is 3.70. The van der Waals surface area contributed by atoms with Gasteiger partial charge in [0.05, 0.1) is 0 Å². The van der Waals surface area contributed by atoms with Crippen LogP contribution < -0.4 is 0 Å². The summed E-state index contributed by atoms with van der Waals surface area (Å²) in [6, 6.07) is 0. The van der Waals surface area contributed by atoms with Gasteiger partial charge in [-0.15, -0.1) is 5.06 Å². The first-order valence-electron chi connectivity index (χ1n) is 1.42. The number of aliphatic hydroxyl groups is 1. The highest BCUT2D eigenvalue weighted by molar-refractivity contribution is 4.31. The van der Waals surface area contributed by atoms with Crippen LogP contribution in [0.25, 0.3) is 0 Å². The quantitative estimate of drug-likeness (QED) is 0.412. The minimum absolute atomic E-state index is 0.0278. The van der Waals surface area contributed by atoms with Crippen molar-refractivity contribution in [2.24, 2.45) is 0 Å². The fourth-order valence-corrected chi connectivity index (χ4v) is 0.122. The molecule has 0 aliphatic carbocycles. The summed E-state index contributed by atoms with van der Waals surface area (Å²) >= 11 is 0. The van der Waals surface area contributed by atoms with Crippen LogP contribution in [0.3, 0.4) is 0 Å². The molecule has 0 aromatic carbocycles. The molecule has 3 heteroatoms. The smallest absolute Gasteiger partial charge is 0.147 e. The average Bonchev–Trinajstić information content (AvgIpc) is 2.12. The zero-order valence-electron chi connectivity index (χ0n) is 2.72. The lowest BCUT2D eigenvalue weighted by Gasteiger charge is -1.76. The Hall–Kier alpha value is -0.120. The summed E-state index contributed by atoms with van der Waals surface area (Å²) in [6.07, 6.45) is 0. The maximum absolute atomic E-state index is 8.01. The van der Waals surface area contributed by atoms with Crippen molar-refractivity contribution in [3.63, 3.8) is 0 Å². The van der Waals surface area contributed by atoms with Gasteiger partial charge < -0.3 is 5.11 Å². The number of hydroxylamine groups is 2. The molecule has 1 atom stereocenters. The van der Waals surface area contributed by atoms with Crippen LogP contribution in [0.4, 0.5) is 0 Å². The summed E-state index contributed by atoms with van der Waals surface area (Å²) in [5, 5.41) is 9.44. The van der Waals surface area contributed by atoms with Crippen LogP contribution in [0.15, 0.2) is 0 Å². The van der Waals surface area contributed by atoms with Gasteiger partial charge in [0.25, 0.3) is 0 Å². The molecule has 1 rings (SSSR count). The highest BCUT2D eigenvalue weighted by Crippen LogP contribution is 2.00. The highest BCUT2D eigenvalue weighted by Gasteiger charge is 2.15. The minimum atomic E-state index is 0.0278. The SMILES string of the molecule is OCN1CO1. The molecule has 1 fully saturated rings. The van der Waals surface area contributed by atoms with E-state index < -0.39 is 0 Å². The lowest BCUT2D eigenvalue weighted by Crippen LogP contribution is -1.93. The third kappa shape index (κ3) is 0.576. The fraction of sp³-hybridized carbons (Fsp3) is 1.00. The first-order valence-corrected chi connectivity index (χ1v) is 1.42. The highest BCUT2D eigenvalue weighted by atomic mass is 16.8. The molecular formula is C2H5NO2. The Labute approximate surface area is 29.7 Å². The molecular weight excluding hydrogens is 70.0 g/mol. The van der Waals surface area contributed by atoms with Crippen molar-refractivity contribution in [3.8, 4) is 0 Å². The van der Waals surface area contributed by atoms with E-state index in [1.54, 1.807) is 0 Å². The lowest BCUT2D eigenvalue weighted by molar-refractivity contribution is 0.0836. The van der Waals surface area contributed by atoms with Crippen LogP contribution in [0.2, 0.25) is 0 Å². The van der Waals surface area contributed by atoms with Gasteiger partial charge in [-0.2, -0.15) is 0 Å². The van der Waals surface area contributed by atoms with Gasteiger partial charge in [-0.25, -0.2) is 0 Å². The maximum atomic E-state index is 8.01. The predicted octanol–water partition coefficient (Wildman–Crippen LogP) is -0.859.